The van der Waals surface area contributed by atoms with Gasteiger partial charge in [-0.3, -0.25) is 4.79 Å². The van der Waals surface area contributed by atoms with Crippen LogP contribution < -0.4 is 4.74 Å². The van der Waals surface area contributed by atoms with Crippen LogP contribution in [0.3, 0.4) is 0 Å². The Balaban J connectivity index is 1.73. The molecule has 1 aliphatic rings. The molecule has 0 saturated carbocycles. The van der Waals surface area contributed by atoms with E-state index in [0.717, 1.165) is 34.7 Å². The number of carbonyl (C=O) groups excluding carboxylic acids is 1. The van der Waals surface area contributed by atoms with Crippen molar-refractivity contribution in [3.05, 3.63) is 83.4 Å². The van der Waals surface area contributed by atoms with Gasteiger partial charge in [-0.25, -0.2) is 0 Å². The van der Waals surface area contributed by atoms with Gasteiger partial charge in [-0.05, 0) is 41.3 Å². The van der Waals surface area contributed by atoms with Crippen molar-refractivity contribution in [2.45, 2.75) is 19.4 Å². The van der Waals surface area contributed by atoms with Crippen LogP contribution in [0.2, 0.25) is 0 Å². The highest BCUT2D eigenvalue weighted by molar-refractivity contribution is 6.05. The maximum atomic E-state index is 12.8. The quantitative estimate of drug-likeness (QED) is 0.463. The van der Waals surface area contributed by atoms with E-state index in [4.69, 9.17) is 4.74 Å². The number of amides is 1. The lowest BCUT2D eigenvalue weighted by molar-refractivity contribution is -0.125. The van der Waals surface area contributed by atoms with Crippen LogP contribution in [0, 0.1) is 11.3 Å². The summed E-state index contributed by atoms with van der Waals surface area (Å²) in [6.07, 6.45) is 3.66. The van der Waals surface area contributed by atoms with E-state index < -0.39 is 0 Å². The molecule has 4 rings (SSSR count). The molecular formula is C25H22N2O2. The molecule has 0 atom stereocenters. The van der Waals surface area contributed by atoms with E-state index >= 15 is 0 Å². The molecule has 1 aliphatic heterocycles. The Labute approximate surface area is 170 Å². The van der Waals surface area contributed by atoms with Gasteiger partial charge in [-0.15, -0.1) is 0 Å². The van der Waals surface area contributed by atoms with Crippen LogP contribution in [0.1, 0.15) is 24.0 Å². The predicted molar refractivity (Wildman–Crippen MR) is 114 cm³/mol. The van der Waals surface area contributed by atoms with E-state index in [-0.39, 0.29) is 11.5 Å². The third-order valence-electron chi connectivity index (χ3n) is 5.20. The molecule has 0 bridgehead atoms. The van der Waals surface area contributed by atoms with Gasteiger partial charge in [0, 0.05) is 18.7 Å². The lowest BCUT2D eigenvalue weighted by atomic mass is 10.0. The fourth-order valence-electron chi connectivity index (χ4n) is 3.66. The molecule has 1 amide bonds. The van der Waals surface area contributed by atoms with E-state index in [1.807, 2.05) is 66.7 Å². The highest BCUT2D eigenvalue weighted by atomic mass is 16.5. The summed E-state index contributed by atoms with van der Waals surface area (Å²) in [5, 5.41) is 11.7. The van der Waals surface area contributed by atoms with Crippen molar-refractivity contribution in [2.24, 2.45) is 0 Å². The van der Waals surface area contributed by atoms with Crippen LogP contribution in [0.5, 0.6) is 5.75 Å². The summed E-state index contributed by atoms with van der Waals surface area (Å²) in [6, 6.07) is 23.9. The summed E-state index contributed by atoms with van der Waals surface area (Å²) in [6.45, 7) is 1.84. The second kappa shape index (κ2) is 8.62. The summed E-state index contributed by atoms with van der Waals surface area (Å²) in [5.41, 5.74) is 1.97. The molecule has 0 radical (unpaired) electrons. The molecular weight excluding hydrogens is 360 g/mol. The SMILES string of the molecule is N#C/C(=C\c1c(OCc2ccccc2)ccc2ccccc12)C(=O)N1CCCC1. The number of benzene rings is 3. The van der Waals surface area contributed by atoms with E-state index in [1.54, 1.807) is 11.0 Å². The molecule has 0 aromatic heterocycles. The van der Waals surface area contributed by atoms with Gasteiger partial charge in [0.15, 0.2) is 0 Å². The van der Waals surface area contributed by atoms with E-state index in [1.165, 1.54) is 0 Å². The van der Waals surface area contributed by atoms with Crippen LogP contribution >= 0.6 is 0 Å². The number of hydrogen-bond donors (Lipinski definition) is 0. The van der Waals surface area contributed by atoms with Crippen molar-refractivity contribution >= 4 is 22.8 Å². The predicted octanol–water partition coefficient (Wildman–Crippen LogP) is 4.95. The fraction of sp³-hybridized carbons (Fsp3) is 0.200. The molecule has 0 aliphatic carbocycles. The summed E-state index contributed by atoms with van der Waals surface area (Å²) < 4.78 is 6.10. The third-order valence-corrected chi connectivity index (χ3v) is 5.20. The molecule has 3 aromatic carbocycles. The first-order valence-corrected chi connectivity index (χ1v) is 9.86. The topological polar surface area (TPSA) is 53.3 Å². The lowest BCUT2D eigenvalue weighted by Gasteiger charge is -2.16. The number of hydrogen-bond acceptors (Lipinski definition) is 3. The molecule has 0 unspecified atom stereocenters. The second-order valence-corrected chi connectivity index (χ2v) is 7.14. The Hall–Kier alpha value is -3.58. The lowest BCUT2D eigenvalue weighted by Crippen LogP contribution is -2.28. The van der Waals surface area contributed by atoms with Gasteiger partial charge < -0.3 is 9.64 Å². The van der Waals surface area contributed by atoms with Crippen molar-refractivity contribution in [1.29, 1.82) is 5.26 Å². The maximum Gasteiger partial charge on any atom is 0.264 e. The molecule has 4 heteroatoms. The summed E-state index contributed by atoms with van der Waals surface area (Å²) >= 11 is 0. The number of ether oxygens (including phenoxy) is 1. The van der Waals surface area contributed by atoms with E-state index in [0.29, 0.717) is 25.4 Å². The minimum Gasteiger partial charge on any atom is -0.488 e. The third kappa shape index (κ3) is 4.14. The minimum absolute atomic E-state index is 0.146. The highest BCUT2D eigenvalue weighted by Crippen LogP contribution is 2.31. The monoisotopic (exact) mass is 382 g/mol. The first kappa shape index (κ1) is 18.8. The van der Waals surface area contributed by atoms with Crippen LogP contribution in [0.15, 0.2) is 72.3 Å². The van der Waals surface area contributed by atoms with Gasteiger partial charge in [0.2, 0.25) is 0 Å². The van der Waals surface area contributed by atoms with E-state index in [2.05, 4.69) is 6.07 Å². The summed E-state index contributed by atoms with van der Waals surface area (Å²) in [4.78, 5) is 14.6. The number of nitrogens with zero attached hydrogens (tertiary/aromatic N) is 2. The number of rotatable bonds is 5. The van der Waals surface area contributed by atoms with Gasteiger partial charge in [-0.2, -0.15) is 5.26 Å². The molecule has 1 saturated heterocycles. The Morgan fingerprint density at radius 1 is 1.00 bits per heavy atom. The molecule has 29 heavy (non-hydrogen) atoms. The van der Waals surface area contributed by atoms with Gasteiger partial charge >= 0.3 is 0 Å². The number of nitriles is 1. The first-order valence-electron chi connectivity index (χ1n) is 9.86. The van der Waals surface area contributed by atoms with Gasteiger partial charge in [0.25, 0.3) is 5.91 Å². The summed E-state index contributed by atoms with van der Waals surface area (Å²) in [7, 11) is 0. The van der Waals surface area contributed by atoms with Crippen molar-refractivity contribution in [1.82, 2.24) is 4.90 Å². The maximum absolute atomic E-state index is 12.8. The van der Waals surface area contributed by atoms with E-state index in [9.17, 15) is 10.1 Å². The van der Waals surface area contributed by atoms with Crippen molar-refractivity contribution in [3.8, 4) is 11.8 Å². The molecule has 1 fully saturated rings. The molecule has 144 valence electrons. The molecule has 0 N–H and O–H groups in total. The zero-order chi connectivity index (χ0) is 20.1. The van der Waals surface area contributed by atoms with Crippen molar-refractivity contribution in [2.75, 3.05) is 13.1 Å². The standard InChI is InChI=1S/C25H22N2O2/c26-17-21(25(28)27-14-6-7-15-27)16-23-22-11-5-4-10-20(22)12-13-24(23)29-18-19-8-2-1-3-9-19/h1-5,8-13,16H,6-7,14-15,18H2/b21-16+. The number of carbonyl (C=O) groups is 1. The fourth-order valence-corrected chi connectivity index (χ4v) is 3.66. The average molecular weight is 382 g/mol. The Morgan fingerprint density at radius 2 is 1.72 bits per heavy atom. The zero-order valence-electron chi connectivity index (χ0n) is 16.2. The zero-order valence-corrected chi connectivity index (χ0v) is 16.2. The minimum atomic E-state index is -0.202. The van der Waals surface area contributed by atoms with Crippen LogP contribution in [0.25, 0.3) is 16.8 Å². The Morgan fingerprint density at radius 3 is 2.48 bits per heavy atom. The van der Waals surface area contributed by atoms with Crippen LogP contribution in [0.4, 0.5) is 0 Å². The Bertz CT molecular complexity index is 1090. The molecule has 1 heterocycles. The largest absolute Gasteiger partial charge is 0.488 e. The smallest absolute Gasteiger partial charge is 0.264 e. The van der Waals surface area contributed by atoms with Crippen molar-refractivity contribution < 1.29 is 9.53 Å². The van der Waals surface area contributed by atoms with Crippen molar-refractivity contribution in [3.63, 3.8) is 0 Å². The van der Waals surface area contributed by atoms with Gasteiger partial charge in [0.05, 0.1) is 0 Å². The number of likely N-dealkylation sites (tertiary alicyclic amines) is 1. The highest BCUT2D eigenvalue weighted by Gasteiger charge is 2.22. The van der Waals surface area contributed by atoms with Gasteiger partial charge in [0.1, 0.15) is 24.0 Å². The normalized spacial score (nSPS) is 14.0. The molecule has 0 spiro atoms. The molecule has 4 nitrogen and oxygen atoms in total. The first-order chi connectivity index (χ1) is 14.3. The second-order valence-electron chi connectivity index (χ2n) is 7.14. The van der Waals surface area contributed by atoms with Gasteiger partial charge in [-0.1, -0.05) is 60.7 Å². The molecule has 3 aromatic rings. The van der Waals surface area contributed by atoms with Crippen LogP contribution in [-0.2, 0) is 11.4 Å². The average Bonchev–Trinajstić information content (AvgIpc) is 3.31. The number of fused-ring (bicyclic) bond motifs is 1. The Kier molecular flexibility index (Phi) is 5.58. The summed E-state index contributed by atoms with van der Waals surface area (Å²) in [5.74, 6) is 0.460. The van der Waals surface area contributed by atoms with Crippen LogP contribution in [-0.4, -0.2) is 23.9 Å².